The van der Waals surface area contributed by atoms with E-state index in [1.165, 1.54) is 11.3 Å². The third kappa shape index (κ3) is 7.66. The monoisotopic (exact) mass is 424 g/mol. The first-order valence-electron chi connectivity index (χ1n) is 7.04. The lowest BCUT2D eigenvalue weighted by molar-refractivity contribution is -0.117. The Morgan fingerprint density at radius 3 is 2.76 bits per heavy atom. The Morgan fingerprint density at radius 2 is 2.12 bits per heavy atom. The molecule has 1 unspecified atom stereocenters. The van der Waals surface area contributed by atoms with Crippen LogP contribution in [0.1, 0.15) is 17.0 Å². The van der Waals surface area contributed by atoms with Crippen LogP contribution < -0.4 is 11.1 Å². The third-order valence-corrected chi connectivity index (χ3v) is 5.13. The van der Waals surface area contributed by atoms with Crippen molar-refractivity contribution in [1.82, 2.24) is 10.2 Å². The number of anilines is 1. The Labute approximate surface area is 161 Å². The van der Waals surface area contributed by atoms with Crippen LogP contribution in [0.3, 0.4) is 0 Å². The average Bonchev–Trinajstić information content (AvgIpc) is 2.91. The second kappa shape index (κ2) is 9.44. The van der Waals surface area contributed by atoms with Gasteiger partial charge in [-0.15, -0.1) is 22.6 Å². The van der Waals surface area contributed by atoms with Crippen molar-refractivity contribution in [2.75, 3.05) is 17.3 Å². The number of carbonyl (C=O) groups is 1. The molecule has 1 aromatic heterocycles. The summed E-state index contributed by atoms with van der Waals surface area (Å²) in [5.41, 5.74) is 6.67. The summed E-state index contributed by atoms with van der Waals surface area (Å²) in [4.78, 5) is 11.9. The number of halogens is 2. The van der Waals surface area contributed by atoms with E-state index in [0.29, 0.717) is 16.6 Å². The summed E-state index contributed by atoms with van der Waals surface area (Å²) in [6.45, 7) is 0. The fraction of sp³-hybridized carbons (Fsp3) is 0.357. The Kier molecular flexibility index (Phi) is 8.23. The Hall–Kier alpha value is -1.26. The molecule has 0 spiro atoms. The van der Waals surface area contributed by atoms with E-state index in [2.05, 4.69) is 15.5 Å². The van der Waals surface area contributed by atoms with Crippen molar-refractivity contribution in [1.29, 1.82) is 0 Å². The second-order valence-electron chi connectivity index (χ2n) is 5.32. The van der Waals surface area contributed by atoms with E-state index in [4.69, 9.17) is 17.3 Å². The molecule has 0 bridgehead atoms. The van der Waals surface area contributed by atoms with E-state index >= 15 is 0 Å². The molecule has 2 rings (SSSR count). The largest absolute Gasteiger partial charge is 0.320 e. The van der Waals surface area contributed by atoms with Gasteiger partial charge in [0.1, 0.15) is 14.8 Å². The molecule has 1 aromatic carbocycles. The van der Waals surface area contributed by atoms with Crippen molar-refractivity contribution in [3.05, 3.63) is 39.9 Å². The number of hydrogen-bond acceptors (Lipinski definition) is 7. The lowest BCUT2D eigenvalue weighted by Gasteiger charge is -2.09. The lowest BCUT2D eigenvalue weighted by Crippen LogP contribution is -2.37. The number of nitrogens with two attached hydrogens (primary N) is 1. The van der Waals surface area contributed by atoms with Crippen LogP contribution in [-0.2, 0) is 21.1 Å². The summed E-state index contributed by atoms with van der Waals surface area (Å²) in [6.07, 6.45) is 1.71. The molecule has 25 heavy (non-hydrogen) atoms. The van der Waals surface area contributed by atoms with E-state index in [9.17, 15) is 13.2 Å². The summed E-state index contributed by atoms with van der Waals surface area (Å²) in [5.74, 6) is -0.623. The predicted octanol–water partition coefficient (Wildman–Crippen LogP) is 1.90. The van der Waals surface area contributed by atoms with Gasteiger partial charge in [0.2, 0.25) is 11.0 Å². The van der Waals surface area contributed by atoms with Crippen LogP contribution in [0.4, 0.5) is 5.13 Å². The van der Waals surface area contributed by atoms with Gasteiger partial charge in [0.25, 0.3) is 0 Å². The number of nitrogens with zero attached hydrogens (tertiary/aromatic N) is 2. The Bertz CT molecular complexity index is 827. The molecule has 0 aliphatic heterocycles. The van der Waals surface area contributed by atoms with Crippen LogP contribution in [0, 0.1) is 0 Å². The molecule has 7 nitrogen and oxygen atoms in total. The van der Waals surface area contributed by atoms with Gasteiger partial charge in [0.05, 0.1) is 11.8 Å². The molecular weight excluding hydrogens is 407 g/mol. The maximum absolute atomic E-state index is 11.9. The quantitative estimate of drug-likeness (QED) is 0.700. The Balaban J connectivity index is 0.00000312. The highest BCUT2D eigenvalue weighted by molar-refractivity contribution is 7.90. The van der Waals surface area contributed by atoms with E-state index < -0.39 is 21.8 Å². The van der Waals surface area contributed by atoms with E-state index in [0.717, 1.165) is 16.8 Å². The second-order valence-corrected chi connectivity index (χ2v) is 9.08. The molecule has 0 saturated carbocycles. The van der Waals surface area contributed by atoms with Crippen molar-refractivity contribution in [3.8, 4) is 0 Å². The van der Waals surface area contributed by atoms with Gasteiger partial charge in [-0.3, -0.25) is 10.1 Å². The summed E-state index contributed by atoms with van der Waals surface area (Å²) in [7, 11) is -3.16. The fourth-order valence-corrected chi connectivity index (χ4v) is 3.54. The zero-order chi connectivity index (χ0) is 17.7. The van der Waals surface area contributed by atoms with Gasteiger partial charge in [0, 0.05) is 17.7 Å². The third-order valence-electron chi connectivity index (χ3n) is 3.08. The van der Waals surface area contributed by atoms with Gasteiger partial charge in [-0.25, -0.2) is 8.42 Å². The molecule has 3 N–H and O–H groups in total. The van der Waals surface area contributed by atoms with Gasteiger partial charge < -0.3 is 5.73 Å². The molecule has 0 fully saturated rings. The van der Waals surface area contributed by atoms with Crippen molar-refractivity contribution >= 4 is 56.2 Å². The molecule has 138 valence electrons. The molecule has 2 aromatic rings. The molecular formula is C14H18Cl2N4O3S2. The minimum absolute atomic E-state index is 0. The summed E-state index contributed by atoms with van der Waals surface area (Å²) in [5, 5.41) is 12.2. The summed E-state index contributed by atoms with van der Waals surface area (Å²) < 4.78 is 22.2. The lowest BCUT2D eigenvalue weighted by atomic mass is 10.2. The number of rotatable bonds is 7. The van der Waals surface area contributed by atoms with Gasteiger partial charge in [-0.2, -0.15) is 0 Å². The molecule has 1 amide bonds. The highest BCUT2D eigenvalue weighted by atomic mass is 35.5. The normalized spacial score (nSPS) is 12.3. The Morgan fingerprint density at radius 1 is 1.40 bits per heavy atom. The summed E-state index contributed by atoms with van der Waals surface area (Å²) in [6, 6.07) is 6.48. The predicted molar refractivity (Wildman–Crippen MR) is 102 cm³/mol. The highest BCUT2D eigenvalue weighted by Crippen LogP contribution is 2.20. The SMILES string of the molecule is CS(=O)(=O)CCC(N)C(=O)Nc1nnc(Cc2cccc(Cl)c2)s1.Cl. The molecule has 1 atom stereocenters. The minimum Gasteiger partial charge on any atom is -0.320 e. The molecule has 0 aliphatic rings. The van der Waals surface area contributed by atoms with Crippen LogP contribution >= 0.6 is 35.3 Å². The zero-order valence-electron chi connectivity index (χ0n) is 13.3. The first-order valence-corrected chi connectivity index (χ1v) is 10.3. The molecule has 11 heteroatoms. The van der Waals surface area contributed by atoms with Gasteiger partial charge in [0.15, 0.2) is 0 Å². The highest BCUT2D eigenvalue weighted by Gasteiger charge is 2.17. The summed E-state index contributed by atoms with van der Waals surface area (Å²) >= 11 is 7.17. The minimum atomic E-state index is -3.16. The van der Waals surface area contributed by atoms with Gasteiger partial charge >= 0.3 is 0 Å². The zero-order valence-corrected chi connectivity index (χ0v) is 16.5. The number of sulfone groups is 1. The number of amides is 1. The van der Waals surface area contributed by atoms with Gasteiger partial charge in [-0.1, -0.05) is 35.1 Å². The van der Waals surface area contributed by atoms with Crippen molar-refractivity contribution in [3.63, 3.8) is 0 Å². The van der Waals surface area contributed by atoms with Crippen LogP contribution in [-0.4, -0.2) is 42.6 Å². The molecule has 1 heterocycles. The first-order chi connectivity index (χ1) is 11.2. The number of hydrogen-bond donors (Lipinski definition) is 2. The van der Waals surface area contributed by atoms with Crippen LogP contribution in [0.25, 0.3) is 0 Å². The van der Waals surface area contributed by atoms with Gasteiger partial charge in [-0.05, 0) is 24.1 Å². The molecule has 0 aliphatic carbocycles. The fourth-order valence-electron chi connectivity index (χ4n) is 1.87. The van der Waals surface area contributed by atoms with Crippen LogP contribution in [0.15, 0.2) is 24.3 Å². The smallest absolute Gasteiger partial charge is 0.243 e. The first kappa shape index (κ1) is 21.8. The maximum atomic E-state index is 11.9. The number of aromatic nitrogens is 2. The standard InChI is InChI=1S/C14H17ClN4O3S2.ClH/c1-24(21,22)6-5-11(16)13(20)17-14-19-18-12(23-14)8-9-3-2-4-10(15)7-9;/h2-4,7,11H,5-6,8,16H2,1H3,(H,17,19,20);1H. The number of nitrogens with one attached hydrogen (secondary N) is 1. The maximum Gasteiger partial charge on any atom is 0.243 e. The average molecular weight is 425 g/mol. The van der Waals surface area contributed by atoms with E-state index in [-0.39, 0.29) is 24.6 Å². The van der Waals surface area contributed by atoms with E-state index in [1.807, 2.05) is 18.2 Å². The molecule has 0 saturated heterocycles. The van der Waals surface area contributed by atoms with Crippen molar-refractivity contribution in [2.24, 2.45) is 5.73 Å². The molecule has 0 radical (unpaired) electrons. The van der Waals surface area contributed by atoms with Crippen molar-refractivity contribution < 1.29 is 13.2 Å². The van der Waals surface area contributed by atoms with Crippen molar-refractivity contribution in [2.45, 2.75) is 18.9 Å². The topological polar surface area (TPSA) is 115 Å². The number of benzene rings is 1. The van der Waals surface area contributed by atoms with Crippen LogP contribution in [0.5, 0.6) is 0 Å². The van der Waals surface area contributed by atoms with E-state index in [1.54, 1.807) is 6.07 Å². The number of carbonyl (C=O) groups excluding carboxylic acids is 1. The van der Waals surface area contributed by atoms with Crippen LogP contribution in [0.2, 0.25) is 5.02 Å².